The van der Waals surface area contributed by atoms with Crippen molar-refractivity contribution in [2.45, 2.75) is 37.7 Å². The van der Waals surface area contributed by atoms with Crippen molar-refractivity contribution in [3.63, 3.8) is 0 Å². The molecule has 0 bridgehead atoms. The molecule has 6 N–H and O–H groups in total. The number of hydrogen-bond donors (Lipinski definition) is 5. The second kappa shape index (κ2) is 11.8. The summed E-state index contributed by atoms with van der Waals surface area (Å²) < 4.78 is 64.3. The maximum Gasteiger partial charge on any atom is 0.516 e. The highest BCUT2D eigenvalue weighted by Crippen LogP contribution is 2.27. The predicted molar refractivity (Wildman–Crippen MR) is 148 cm³/mol. The molecule has 0 spiro atoms. The first-order chi connectivity index (χ1) is 19.2. The van der Waals surface area contributed by atoms with Crippen molar-refractivity contribution in [3.05, 3.63) is 77.6 Å². The van der Waals surface area contributed by atoms with Crippen LogP contribution in [-0.2, 0) is 23.0 Å². The highest BCUT2D eigenvalue weighted by atomic mass is 32.2. The molecule has 2 aromatic carbocycles. The molecule has 1 aliphatic rings. The van der Waals surface area contributed by atoms with Crippen molar-refractivity contribution in [1.82, 2.24) is 14.8 Å². The van der Waals surface area contributed by atoms with Gasteiger partial charge in [-0.2, -0.15) is 21.6 Å². The number of aliphatic imine (C=N–C) groups is 1. The third-order valence-electron chi connectivity index (χ3n) is 6.44. The summed E-state index contributed by atoms with van der Waals surface area (Å²) in [5.41, 5.74) is 1.68. The van der Waals surface area contributed by atoms with E-state index in [-0.39, 0.29) is 37.2 Å². The van der Waals surface area contributed by atoms with Gasteiger partial charge in [0, 0.05) is 41.9 Å². The number of hydrogen-bond acceptors (Lipinski definition) is 8. The van der Waals surface area contributed by atoms with E-state index >= 15 is 0 Å². The summed E-state index contributed by atoms with van der Waals surface area (Å²) in [4.78, 5) is 17.7. The van der Waals surface area contributed by atoms with E-state index < -0.39 is 27.7 Å². The van der Waals surface area contributed by atoms with E-state index in [9.17, 15) is 36.6 Å². The van der Waals surface area contributed by atoms with E-state index in [0.717, 1.165) is 5.56 Å². The van der Waals surface area contributed by atoms with Gasteiger partial charge < -0.3 is 30.7 Å². The summed E-state index contributed by atoms with van der Waals surface area (Å²) >= 11 is 0. The van der Waals surface area contributed by atoms with Crippen molar-refractivity contribution in [1.29, 1.82) is 0 Å². The molecule has 0 radical (unpaired) electrons. The van der Waals surface area contributed by atoms with Gasteiger partial charge in [-0.3, -0.25) is 4.72 Å². The number of nitrogens with zero attached hydrogens (tertiary/aromatic N) is 3. The zero-order chi connectivity index (χ0) is 29.9. The number of alkyl halides is 3. The average molecular weight is 595 g/mol. The maximum absolute atomic E-state index is 12.8. The predicted octanol–water partition coefficient (Wildman–Crippen LogP) is 2.63. The minimum atomic E-state index is -5.60. The highest BCUT2D eigenvalue weighted by molar-refractivity contribution is 7.93. The van der Waals surface area contributed by atoms with Crippen LogP contribution in [0.2, 0.25) is 0 Å². The van der Waals surface area contributed by atoms with Crippen LogP contribution in [0.4, 0.5) is 18.9 Å². The topological polar surface area (TPSA) is 162 Å². The molecule has 0 saturated carbocycles. The smallest absolute Gasteiger partial charge is 0.477 e. The zero-order valence-electron chi connectivity index (χ0n) is 21.8. The maximum atomic E-state index is 12.8. The number of amidine groups is 1. The Morgan fingerprint density at radius 2 is 1.93 bits per heavy atom. The SMILES string of the molecule is CC(Cc1ccc2c(c1)cc(C(=O)O)n2Cc1cccc(NS(=O)(=O)C(F)(F)F)c1)NCC(O)N1C=CC(N)=NC1. The molecule has 4 rings (SSSR count). The molecule has 2 atom stereocenters. The number of nitrogens with one attached hydrogen (secondary N) is 2. The van der Waals surface area contributed by atoms with Gasteiger partial charge >= 0.3 is 21.5 Å². The van der Waals surface area contributed by atoms with Crippen LogP contribution in [0.5, 0.6) is 0 Å². The first kappa shape index (κ1) is 29.9. The number of anilines is 1. The molecule has 3 aromatic rings. The van der Waals surface area contributed by atoms with Crippen molar-refractivity contribution < 1.29 is 36.6 Å². The molecule has 0 saturated heterocycles. The van der Waals surface area contributed by atoms with Crippen LogP contribution in [0.25, 0.3) is 10.9 Å². The van der Waals surface area contributed by atoms with Crippen LogP contribution in [-0.4, -0.2) is 70.9 Å². The Bertz CT molecular complexity index is 1600. The van der Waals surface area contributed by atoms with Gasteiger partial charge in [0.05, 0.1) is 0 Å². The number of carboxylic acid groups (broad SMARTS) is 1. The lowest BCUT2D eigenvalue weighted by Crippen LogP contribution is -2.44. The summed E-state index contributed by atoms with van der Waals surface area (Å²) in [5, 5.41) is 24.1. The first-order valence-electron chi connectivity index (χ1n) is 12.4. The largest absolute Gasteiger partial charge is 0.516 e. The van der Waals surface area contributed by atoms with E-state index in [0.29, 0.717) is 28.7 Å². The third-order valence-corrected chi connectivity index (χ3v) is 7.55. The number of benzene rings is 2. The molecular weight excluding hydrogens is 565 g/mol. The number of rotatable bonds is 11. The quantitative estimate of drug-likeness (QED) is 0.226. The number of nitrogens with two attached hydrogens (primary N) is 1. The summed E-state index contributed by atoms with van der Waals surface area (Å²) in [6, 6.07) is 12.3. The molecule has 220 valence electrons. The number of aliphatic hydroxyl groups excluding tert-OH is 1. The van der Waals surface area contributed by atoms with Crippen LogP contribution in [0.3, 0.4) is 0 Å². The third kappa shape index (κ3) is 7.17. The van der Waals surface area contributed by atoms with Crippen molar-refractivity contribution >= 4 is 38.4 Å². The van der Waals surface area contributed by atoms with Gasteiger partial charge in [-0.15, -0.1) is 0 Å². The summed E-state index contributed by atoms with van der Waals surface area (Å²) in [6.07, 6.45) is 3.06. The van der Waals surface area contributed by atoms with Gasteiger partial charge in [-0.25, -0.2) is 9.79 Å². The number of carboxylic acids is 1. The average Bonchev–Trinajstić information content (AvgIpc) is 3.24. The van der Waals surface area contributed by atoms with E-state index in [2.05, 4.69) is 10.3 Å². The van der Waals surface area contributed by atoms with Crippen LogP contribution >= 0.6 is 0 Å². The number of aromatic nitrogens is 1. The van der Waals surface area contributed by atoms with Crippen LogP contribution < -0.4 is 15.8 Å². The molecule has 11 nitrogen and oxygen atoms in total. The fraction of sp³-hybridized carbons (Fsp3) is 0.308. The molecule has 2 unspecified atom stereocenters. The normalized spacial score (nSPS) is 15.5. The second-order valence-electron chi connectivity index (χ2n) is 9.61. The molecule has 1 aliphatic heterocycles. The molecule has 15 heteroatoms. The van der Waals surface area contributed by atoms with E-state index in [4.69, 9.17) is 5.73 Å². The van der Waals surface area contributed by atoms with Gasteiger partial charge in [0.15, 0.2) is 0 Å². The molecule has 1 aromatic heterocycles. The Morgan fingerprint density at radius 3 is 2.59 bits per heavy atom. The lowest BCUT2D eigenvalue weighted by molar-refractivity contribution is -0.0429. The Labute approximate surface area is 233 Å². The Kier molecular flexibility index (Phi) is 8.60. The molecule has 0 fully saturated rings. The minimum Gasteiger partial charge on any atom is -0.477 e. The molecule has 0 amide bonds. The van der Waals surface area contributed by atoms with Crippen molar-refractivity contribution in [3.8, 4) is 0 Å². The fourth-order valence-corrected chi connectivity index (χ4v) is 4.96. The van der Waals surface area contributed by atoms with E-state index in [1.165, 1.54) is 33.6 Å². The fourth-order valence-electron chi connectivity index (χ4n) is 4.40. The lowest BCUT2D eigenvalue weighted by Gasteiger charge is -2.28. The first-order valence-corrected chi connectivity index (χ1v) is 13.9. The molecule has 0 aliphatic carbocycles. The van der Waals surface area contributed by atoms with Crippen molar-refractivity contribution in [2.24, 2.45) is 10.7 Å². The number of aromatic carboxylic acids is 1. The van der Waals surface area contributed by atoms with Gasteiger partial charge in [0.1, 0.15) is 24.4 Å². The summed E-state index contributed by atoms with van der Waals surface area (Å²) in [6.45, 7) is 2.46. The van der Waals surface area contributed by atoms with Gasteiger partial charge in [0.2, 0.25) is 0 Å². The number of sulfonamides is 1. The van der Waals surface area contributed by atoms with Crippen LogP contribution in [0, 0.1) is 0 Å². The van der Waals surface area contributed by atoms with Crippen molar-refractivity contribution in [2.75, 3.05) is 17.9 Å². The second-order valence-corrected chi connectivity index (χ2v) is 11.3. The van der Waals surface area contributed by atoms with Gasteiger partial charge in [0.25, 0.3) is 0 Å². The Morgan fingerprint density at radius 1 is 1.17 bits per heavy atom. The van der Waals surface area contributed by atoms with Gasteiger partial charge in [-0.1, -0.05) is 18.2 Å². The van der Waals surface area contributed by atoms with Crippen LogP contribution in [0.1, 0.15) is 28.5 Å². The Hall–Kier alpha value is -4.08. The summed E-state index contributed by atoms with van der Waals surface area (Å²) in [7, 11) is -5.60. The molecule has 41 heavy (non-hydrogen) atoms. The number of fused-ring (bicyclic) bond motifs is 1. The number of carbonyl (C=O) groups is 1. The standard InChI is InChI=1S/C26H29F3N6O5S/c1-16(31-13-24(36)34-8-7-23(30)32-15-34)9-17-5-6-21-19(10-17)12-22(25(37)38)35(21)14-18-3-2-4-20(11-18)33-41(39,40)26(27,28)29/h2-8,10-12,16,24,31,33,36H,9,13-15H2,1H3,(H2,30,32)(H,37,38). The zero-order valence-corrected chi connectivity index (χ0v) is 22.7. The van der Waals surface area contributed by atoms with E-state index in [1.54, 1.807) is 29.3 Å². The lowest BCUT2D eigenvalue weighted by atomic mass is 10.1. The Balaban J connectivity index is 1.48. The molecule has 2 heterocycles. The van der Waals surface area contributed by atoms with E-state index in [1.807, 2.05) is 19.1 Å². The monoisotopic (exact) mass is 594 g/mol. The number of halogens is 3. The highest BCUT2D eigenvalue weighted by Gasteiger charge is 2.46. The van der Waals surface area contributed by atoms with Gasteiger partial charge in [-0.05, 0) is 60.9 Å². The molecular formula is C26H29F3N6O5S. The summed E-state index contributed by atoms with van der Waals surface area (Å²) in [5.74, 6) is -0.800. The minimum absolute atomic E-state index is 0.0252. The van der Waals surface area contributed by atoms with Crippen LogP contribution in [0.15, 0.2) is 65.8 Å². The number of aliphatic hydroxyl groups is 1.